The van der Waals surface area contributed by atoms with Crippen LogP contribution in [0.25, 0.3) is 0 Å². The minimum Gasteiger partial charge on any atom is -0.309 e. The third-order valence-electron chi connectivity index (χ3n) is 3.95. The number of likely N-dealkylation sites (tertiary alicyclic amines) is 1. The zero-order chi connectivity index (χ0) is 12.2. The SMILES string of the molecule is c1ccc(CN2CCC(NC3CSC3)CC2)cc1. The van der Waals surface area contributed by atoms with Crippen molar-refractivity contribution in [2.24, 2.45) is 0 Å². The van der Waals surface area contributed by atoms with Gasteiger partial charge in [0.1, 0.15) is 0 Å². The second kappa shape index (κ2) is 6.09. The highest BCUT2D eigenvalue weighted by atomic mass is 32.2. The Morgan fingerprint density at radius 1 is 1.06 bits per heavy atom. The molecule has 1 aromatic rings. The first-order chi connectivity index (χ1) is 8.90. The van der Waals surface area contributed by atoms with Crippen LogP contribution < -0.4 is 5.32 Å². The minimum atomic E-state index is 0.767. The van der Waals surface area contributed by atoms with E-state index in [0.717, 1.165) is 18.6 Å². The zero-order valence-electron chi connectivity index (χ0n) is 10.8. The molecule has 18 heavy (non-hydrogen) atoms. The van der Waals surface area contributed by atoms with Gasteiger partial charge in [-0.2, -0.15) is 11.8 Å². The number of hydrogen-bond acceptors (Lipinski definition) is 3. The number of nitrogens with one attached hydrogen (secondary N) is 1. The molecular weight excluding hydrogens is 240 g/mol. The summed E-state index contributed by atoms with van der Waals surface area (Å²) in [5.41, 5.74) is 1.44. The van der Waals surface area contributed by atoms with E-state index in [9.17, 15) is 0 Å². The molecule has 3 rings (SSSR count). The largest absolute Gasteiger partial charge is 0.309 e. The van der Waals surface area contributed by atoms with Crippen molar-refractivity contribution in [2.75, 3.05) is 24.6 Å². The van der Waals surface area contributed by atoms with E-state index in [2.05, 4.69) is 52.3 Å². The number of hydrogen-bond donors (Lipinski definition) is 1. The van der Waals surface area contributed by atoms with Gasteiger partial charge in [-0.05, 0) is 31.5 Å². The predicted octanol–water partition coefficient (Wildman–Crippen LogP) is 2.36. The standard InChI is InChI=1S/C15H22N2S/c1-2-4-13(5-3-1)10-17-8-6-14(7-9-17)16-15-11-18-12-15/h1-5,14-16H,6-12H2. The van der Waals surface area contributed by atoms with E-state index in [-0.39, 0.29) is 0 Å². The molecule has 2 aliphatic rings. The molecule has 1 N–H and O–H groups in total. The smallest absolute Gasteiger partial charge is 0.0251 e. The molecule has 2 heterocycles. The first-order valence-electron chi connectivity index (χ1n) is 7.00. The van der Waals surface area contributed by atoms with Crippen molar-refractivity contribution in [2.45, 2.75) is 31.5 Å². The number of piperidine rings is 1. The Morgan fingerprint density at radius 2 is 1.78 bits per heavy atom. The Morgan fingerprint density at radius 3 is 2.39 bits per heavy atom. The molecular formula is C15H22N2S. The van der Waals surface area contributed by atoms with Crippen LogP contribution in [0.5, 0.6) is 0 Å². The monoisotopic (exact) mass is 262 g/mol. The summed E-state index contributed by atoms with van der Waals surface area (Å²) < 4.78 is 0. The first kappa shape index (κ1) is 12.5. The van der Waals surface area contributed by atoms with Crippen molar-refractivity contribution >= 4 is 11.8 Å². The molecule has 2 nitrogen and oxygen atoms in total. The summed E-state index contributed by atoms with van der Waals surface area (Å²) in [6, 6.07) is 12.4. The number of benzene rings is 1. The molecule has 0 spiro atoms. The number of rotatable bonds is 4. The molecule has 2 fully saturated rings. The van der Waals surface area contributed by atoms with Crippen LogP contribution in [0.4, 0.5) is 0 Å². The summed E-state index contributed by atoms with van der Waals surface area (Å²) in [7, 11) is 0. The van der Waals surface area contributed by atoms with E-state index in [1.165, 1.54) is 43.0 Å². The summed E-state index contributed by atoms with van der Waals surface area (Å²) in [6.07, 6.45) is 2.63. The van der Waals surface area contributed by atoms with Gasteiger partial charge in [0.2, 0.25) is 0 Å². The highest BCUT2D eigenvalue weighted by molar-refractivity contribution is 8.00. The van der Waals surface area contributed by atoms with Gasteiger partial charge in [0.15, 0.2) is 0 Å². The number of nitrogens with zero attached hydrogens (tertiary/aromatic N) is 1. The Hall–Kier alpha value is -0.510. The molecule has 2 aliphatic heterocycles. The van der Waals surface area contributed by atoms with Gasteiger partial charge in [-0.3, -0.25) is 4.90 Å². The Balaban J connectivity index is 1.42. The molecule has 0 unspecified atom stereocenters. The van der Waals surface area contributed by atoms with Crippen molar-refractivity contribution in [1.82, 2.24) is 10.2 Å². The van der Waals surface area contributed by atoms with Crippen LogP contribution in [0.2, 0.25) is 0 Å². The first-order valence-corrected chi connectivity index (χ1v) is 8.16. The van der Waals surface area contributed by atoms with E-state index in [1.54, 1.807) is 0 Å². The normalized spacial score (nSPS) is 22.9. The highest BCUT2D eigenvalue weighted by Gasteiger charge is 2.24. The highest BCUT2D eigenvalue weighted by Crippen LogP contribution is 2.20. The maximum Gasteiger partial charge on any atom is 0.0251 e. The molecule has 0 bridgehead atoms. The summed E-state index contributed by atoms with van der Waals surface area (Å²) in [5.74, 6) is 2.65. The van der Waals surface area contributed by atoms with Gasteiger partial charge in [-0.15, -0.1) is 0 Å². The minimum absolute atomic E-state index is 0.767. The quantitative estimate of drug-likeness (QED) is 0.897. The van der Waals surface area contributed by atoms with Gasteiger partial charge in [-0.1, -0.05) is 30.3 Å². The van der Waals surface area contributed by atoms with Crippen LogP contribution in [0.3, 0.4) is 0 Å². The molecule has 3 heteroatoms. The maximum absolute atomic E-state index is 3.79. The van der Waals surface area contributed by atoms with Gasteiger partial charge in [-0.25, -0.2) is 0 Å². The van der Waals surface area contributed by atoms with Crippen LogP contribution in [-0.2, 0) is 6.54 Å². The molecule has 2 saturated heterocycles. The van der Waals surface area contributed by atoms with Crippen LogP contribution in [0.15, 0.2) is 30.3 Å². The molecule has 0 saturated carbocycles. The molecule has 0 aliphatic carbocycles. The lowest BCUT2D eigenvalue weighted by molar-refractivity contribution is 0.186. The van der Waals surface area contributed by atoms with Crippen LogP contribution in [-0.4, -0.2) is 41.6 Å². The van der Waals surface area contributed by atoms with Gasteiger partial charge in [0.25, 0.3) is 0 Å². The van der Waals surface area contributed by atoms with E-state index < -0.39 is 0 Å². The van der Waals surface area contributed by atoms with E-state index >= 15 is 0 Å². The predicted molar refractivity (Wildman–Crippen MR) is 79.0 cm³/mol. The lowest BCUT2D eigenvalue weighted by atomic mass is 10.0. The van der Waals surface area contributed by atoms with Crippen molar-refractivity contribution in [3.63, 3.8) is 0 Å². The molecule has 1 aromatic carbocycles. The fraction of sp³-hybridized carbons (Fsp3) is 0.600. The lowest BCUT2D eigenvalue weighted by Gasteiger charge is -2.36. The van der Waals surface area contributed by atoms with Crippen molar-refractivity contribution in [3.05, 3.63) is 35.9 Å². The summed E-state index contributed by atoms with van der Waals surface area (Å²) >= 11 is 2.06. The van der Waals surface area contributed by atoms with Gasteiger partial charge < -0.3 is 5.32 Å². The van der Waals surface area contributed by atoms with Crippen LogP contribution in [0, 0.1) is 0 Å². The summed E-state index contributed by atoms with van der Waals surface area (Å²) in [5, 5.41) is 3.79. The van der Waals surface area contributed by atoms with Crippen molar-refractivity contribution in [3.8, 4) is 0 Å². The van der Waals surface area contributed by atoms with Gasteiger partial charge in [0, 0.05) is 30.1 Å². The van der Waals surface area contributed by atoms with Crippen molar-refractivity contribution in [1.29, 1.82) is 0 Å². The third kappa shape index (κ3) is 3.28. The Labute approximate surface area is 114 Å². The summed E-state index contributed by atoms with van der Waals surface area (Å²) in [6.45, 7) is 3.60. The zero-order valence-corrected chi connectivity index (χ0v) is 11.7. The molecule has 0 aromatic heterocycles. The lowest BCUT2D eigenvalue weighted by Crippen LogP contribution is -2.50. The Kier molecular flexibility index (Phi) is 4.24. The molecule has 0 amide bonds. The molecule has 0 radical (unpaired) electrons. The van der Waals surface area contributed by atoms with E-state index in [1.807, 2.05) is 0 Å². The van der Waals surface area contributed by atoms with Gasteiger partial charge >= 0.3 is 0 Å². The molecule has 98 valence electrons. The number of thioether (sulfide) groups is 1. The third-order valence-corrected chi connectivity index (χ3v) is 5.22. The van der Waals surface area contributed by atoms with Gasteiger partial charge in [0.05, 0.1) is 0 Å². The van der Waals surface area contributed by atoms with Crippen LogP contribution >= 0.6 is 11.8 Å². The van der Waals surface area contributed by atoms with Crippen LogP contribution in [0.1, 0.15) is 18.4 Å². The average molecular weight is 262 g/mol. The Bertz CT molecular complexity index is 356. The fourth-order valence-electron chi connectivity index (χ4n) is 2.76. The second-order valence-corrected chi connectivity index (χ2v) is 6.51. The second-order valence-electron chi connectivity index (χ2n) is 5.44. The fourth-order valence-corrected chi connectivity index (χ4v) is 3.43. The maximum atomic E-state index is 3.79. The topological polar surface area (TPSA) is 15.3 Å². The van der Waals surface area contributed by atoms with Crippen molar-refractivity contribution < 1.29 is 0 Å². The van der Waals surface area contributed by atoms with E-state index in [0.29, 0.717) is 0 Å². The average Bonchev–Trinajstić information content (AvgIpc) is 2.37. The molecule has 0 atom stereocenters. The summed E-state index contributed by atoms with van der Waals surface area (Å²) in [4.78, 5) is 2.59. The van der Waals surface area contributed by atoms with E-state index in [4.69, 9.17) is 0 Å².